The van der Waals surface area contributed by atoms with Crippen LogP contribution in [-0.4, -0.2) is 33.4 Å². The number of nitrogens with one attached hydrogen (secondary N) is 1. The monoisotopic (exact) mass is 398 g/mol. The lowest BCUT2D eigenvalue weighted by Crippen LogP contribution is -2.39. The topological polar surface area (TPSA) is 71.3 Å². The molecule has 30 heavy (non-hydrogen) atoms. The average molecular weight is 398 g/mol. The van der Waals surface area contributed by atoms with E-state index >= 15 is 0 Å². The van der Waals surface area contributed by atoms with Gasteiger partial charge in [0.25, 0.3) is 0 Å². The zero-order valence-electron chi connectivity index (χ0n) is 16.5. The number of likely N-dealkylation sites (tertiary alicyclic amines) is 1. The van der Waals surface area contributed by atoms with E-state index in [0.717, 1.165) is 47.4 Å². The zero-order chi connectivity index (χ0) is 20.3. The first kappa shape index (κ1) is 18.5. The number of pyridine rings is 1. The second-order valence-electron chi connectivity index (χ2n) is 7.50. The highest BCUT2D eigenvalue weighted by Crippen LogP contribution is 2.26. The van der Waals surface area contributed by atoms with Gasteiger partial charge in [-0.05, 0) is 67.9 Å². The van der Waals surface area contributed by atoms with Gasteiger partial charge in [-0.3, -0.25) is 14.7 Å². The third kappa shape index (κ3) is 3.82. The highest BCUT2D eigenvalue weighted by Gasteiger charge is 2.30. The van der Waals surface area contributed by atoms with Gasteiger partial charge in [0.1, 0.15) is 5.52 Å². The Labute approximate surface area is 174 Å². The van der Waals surface area contributed by atoms with Crippen LogP contribution in [0.2, 0.25) is 0 Å². The van der Waals surface area contributed by atoms with E-state index in [1.54, 1.807) is 6.20 Å². The Balaban J connectivity index is 1.26. The number of benzene rings is 2. The van der Waals surface area contributed by atoms with Crippen LogP contribution in [0.5, 0.6) is 0 Å². The SMILES string of the molecule is O=C(Nc1ccc(-c2nc3ccccc3o2)cc1)C1CCCN1Cc1ccccn1. The molecule has 1 saturated heterocycles. The lowest BCUT2D eigenvalue weighted by molar-refractivity contribution is -0.120. The fraction of sp³-hybridized carbons (Fsp3) is 0.208. The van der Waals surface area contributed by atoms with Crippen LogP contribution in [0.3, 0.4) is 0 Å². The van der Waals surface area contributed by atoms with Gasteiger partial charge in [0.2, 0.25) is 11.8 Å². The number of hydrogen-bond donors (Lipinski definition) is 1. The summed E-state index contributed by atoms with van der Waals surface area (Å²) in [4.78, 5) is 24.0. The van der Waals surface area contributed by atoms with Crippen molar-refractivity contribution in [2.45, 2.75) is 25.4 Å². The molecule has 1 unspecified atom stereocenters. The van der Waals surface area contributed by atoms with Crippen molar-refractivity contribution in [3.05, 3.63) is 78.6 Å². The van der Waals surface area contributed by atoms with E-state index in [0.29, 0.717) is 12.4 Å². The summed E-state index contributed by atoms with van der Waals surface area (Å²) in [5.41, 5.74) is 4.23. The van der Waals surface area contributed by atoms with Crippen molar-refractivity contribution in [3.8, 4) is 11.5 Å². The molecule has 5 rings (SSSR count). The Bertz CT molecular complexity index is 1120. The number of carbonyl (C=O) groups is 1. The molecule has 0 radical (unpaired) electrons. The van der Waals surface area contributed by atoms with Gasteiger partial charge in [0.15, 0.2) is 5.58 Å². The van der Waals surface area contributed by atoms with Gasteiger partial charge < -0.3 is 9.73 Å². The fourth-order valence-electron chi connectivity index (χ4n) is 3.93. The van der Waals surface area contributed by atoms with E-state index in [9.17, 15) is 4.79 Å². The zero-order valence-corrected chi connectivity index (χ0v) is 16.5. The van der Waals surface area contributed by atoms with Crippen LogP contribution in [0.15, 0.2) is 77.3 Å². The van der Waals surface area contributed by atoms with Gasteiger partial charge >= 0.3 is 0 Å². The summed E-state index contributed by atoms with van der Waals surface area (Å²) in [6, 6.07) is 21.1. The number of hydrogen-bond acceptors (Lipinski definition) is 5. The molecule has 0 bridgehead atoms. The van der Waals surface area contributed by atoms with Crippen LogP contribution < -0.4 is 5.32 Å². The summed E-state index contributed by atoms with van der Waals surface area (Å²) in [7, 11) is 0. The van der Waals surface area contributed by atoms with Crippen molar-refractivity contribution >= 4 is 22.7 Å². The number of nitrogens with zero attached hydrogens (tertiary/aromatic N) is 3. The largest absolute Gasteiger partial charge is 0.436 e. The van der Waals surface area contributed by atoms with Gasteiger partial charge in [-0.25, -0.2) is 4.98 Å². The van der Waals surface area contributed by atoms with Gasteiger partial charge in [-0.2, -0.15) is 0 Å². The third-order valence-corrected chi connectivity index (χ3v) is 5.45. The summed E-state index contributed by atoms with van der Waals surface area (Å²) in [5, 5.41) is 3.05. The third-order valence-electron chi connectivity index (χ3n) is 5.45. The Morgan fingerprint density at radius 3 is 2.70 bits per heavy atom. The molecule has 1 fully saturated rings. The van der Waals surface area contributed by atoms with Crippen molar-refractivity contribution in [1.82, 2.24) is 14.9 Å². The van der Waals surface area contributed by atoms with E-state index < -0.39 is 0 Å². The number of rotatable bonds is 5. The smallest absolute Gasteiger partial charge is 0.241 e. The summed E-state index contributed by atoms with van der Waals surface area (Å²) < 4.78 is 5.82. The van der Waals surface area contributed by atoms with Crippen LogP contribution in [0.1, 0.15) is 18.5 Å². The molecule has 0 spiro atoms. The highest BCUT2D eigenvalue weighted by atomic mass is 16.3. The van der Waals surface area contributed by atoms with Crippen molar-refractivity contribution < 1.29 is 9.21 Å². The van der Waals surface area contributed by atoms with Crippen LogP contribution in [0, 0.1) is 0 Å². The van der Waals surface area contributed by atoms with Gasteiger partial charge in [-0.1, -0.05) is 18.2 Å². The Morgan fingerprint density at radius 1 is 1.07 bits per heavy atom. The summed E-state index contributed by atoms with van der Waals surface area (Å²) in [6.45, 7) is 1.60. The molecule has 150 valence electrons. The number of fused-ring (bicyclic) bond motifs is 1. The van der Waals surface area contributed by atoms with E-state index in [1.807, 2.05) is 66.7 Å². The molecule has 1 aliphatic heterocycles. The van der Waals surface area contributed by atoms with E-state index in [1.165, 1.54) is 0 Å². The first-order valence-corrected chi connectivity index (χ1v) is 10.2. The fourth-order valence-corrected chi connectivity index (χ4v) is 3.93. The first-order chi connectivity index (χ1) is 14.8. The molecule has 6 nitrogen and oxygen atoms in total. The van der Waals surface area contributed by atoms with Crippen molar-refractivity contribution in [2.24, 2.45) is 0 Å². The molecule has 1 N–H and O–H groups in total. The molecular formula is C24H22N4O2. The molecule has 1 aliphatic rings. The highest BCUT2D eigenvalue weighted by molar-refractivity contribution is 5.95. The van der Waals surface area contributed by atoms with E-state index in [-0.39, 0.29) is 11.9 Å². The van der Waals surface area contributed by atoms with Crippen LogP contribution >= 0.6 is 0 Å². The molecule has 2 aromatic heterocycles. The molecule has 2 aromatic carbocycles. The number of aromatic nitrogens is 2. The second kappa shape index (κ2) is 8.08. The van der Waals surface area contributed by atoms with E-state index in [2.05, 4.69) is 20.2 Å². The summed E-state index contributed by atoms with van der Waals surface area (Å²) in [5.74, 6) is 0.601. The summed E-state index contributed by atoms with van der Waals surface area (Å²) in [6.07, 6.45) is 3.67. The maximum Gasteiger partial charge on any atom is 0.241 e. The first-order valence-electron chi connectivity index (χ1n) is 10.2. The lowest BCUT2D eigenvalue weighted by atomic mass is 10.1. The molecule has 0 saturated carbocycles. The number of para-hydroxylation sites is 2. The van der Waals surface area contributed by atoms with Crippen molar-refractivity contribution in [2.75, 3.05) is 11.9 Å². The summed E-state index contributed by atoms with van der Waals surface area (Å²) >= 11 is 0. The molecule has 3 heterocycles. The minimum Gasteiger partial charge on any atom is -0.436 e. The van der Waals surface area contributed by atoms with Gasteiger partial charge in [-0.15, -0.1) is 0 Å². The van der Waals surface area contributed by atoms with Crippen LogP contribution in [-0.2, 0) is 11.3 Å². The van der Waals surface area contributed by atoms with E-state index in [4.69, 9.17) is 4.42 Å². The number of amides is 1. The minimum absolute atomic E-state index is 0.0260. The number of oxazole rings is 1. The van der Waals surface area contributed by atoms with Crippen molar-refractivity contribution in [3.63, 3.8) is 0 Å². The van der Waals surface area contributed by atoms with Gasteiger partial charge in [0, 0.05) is 24.0 Å². The Hall–Kier alpha value is -3.51. The quantitative estimate of drug-likeness (QED) is 0.536. The van der Waals surface area contributed by atoms with Crippen LogP contribution in [0.25, 0.3) is 22.6 Å². The predicted molar refractivity (Wildman–Crippen MR) is 116 cm³/mol. The number of carbonyl (C=O) groups excluding carboxylic acids is 1. The molecule has 4 aromatic rings. The second-order valence-corrected chi connectivity index (χ2v) is 7.50. The molecule has 0 aliphatic carbocycles. The van der Waals surface area contributed by atoms with Crippen molar-refractivity contribution in [1.29, 1.82) is 0 Å². The molecule has 1 amide bonds. The number of anilines is 1. The molecule has 6 heteroatoms. The normalized spacial score (nSPS) is 16.7. The minimum atomic E-state index is -0.135. The molecular weight excluding hydrogens is 376 g/mol. The maximum atomic E-state index is 12.9. The average Bonchev–Trinajstić information content (AvgIpc) is 3.42. The maximum absolute atomic E-state index is 12.9. The van der Waals surface area contributed by atoms with Crippen LogP contribution in [0.4, 0.5) is 5.69 Å². The Morgan fingerprint density at radius 2 is 1.90 bits per heavy atom. The molecule has 1 atom stereocenters. The lowest BCUT2D eigenvalue weighted by Gasteiger charge is -2.23. The Kier molecular flexibility index (Phi) is 4.99. The predicted octanol–water partition coefficient (Wildman–Crippen LogP) is 4.49. The standard InChI is InChI=1S/C24H22N4O2/c29-23(21-8-5-15-28(21)16-19-6-3-4-14-25-19)26-18-12-10-17(11-13-18)24-27-20-7-1-2-9-22(20)30-24/h1-4,6-7,9-14,21H,5,8,15-16H2,(H,26,29). The van der Waals surface area contributed by atoms with Gasteiger partial charge in [0.05, 0.1) is 11.7 Å².